The summed E-state index contributed by atoms with van der Waals surface area (Å²) in [5.74, 6) is 0.364. The first-order chi connectivity index (χ1) is 11.9. The molecule has 3 aromatic rings. The van der Waals surface area contributed by atoms with E-state index in [1.165, 1.54) is 6.07 Å². The van der Waals surface area contributed by atoms with Crippen LogP contribution >= 0.6 is 0 Å². The SMILES string of the molecule is Cc1ccc([N+](=O)[O-])c(C)c1OCc1nc2ccccc2n1C(F)F. The number of rotatable bonds is 5. The molecular weight excluding hydrogens is 332 g/mol. The molecule has 0 amide bonds. The number of hydrogen-bond acceptors (Lipinski definition) is 4. The number of aromatic nitrogens is 2. The fourth-order valence-electron chi connectivity index (χ4n) is 2.79. The van der Waals surface area contributed by atoms with Crippen molar-refractivity contribution < 1.29 is 18.4 Å². The Labute approximate surface area is 141 Å². The molecule has 0 aliphatic heterocycles. The van der Waals surface area contributed by atoms with Gasteiger partial charge in [-0.15, -0.1) is 0 Å². The summed E-state index contributed by atoms with van der Waals surface area (Å²) in [7, 11) is 0. The highest BCUT2D eigenvalue weighted by molar-refractivity contribution is 5.76. The fourth-order valence-corrected chi connectivity index (χ4v) is 2.79. The zero-order valence-electron chi connectivity index (χ0n) is 13.6. The smallest absolute Gasteiger partial charge is 0.320 e. The molecule has 6 nitrogen and oxygen atoms in total. The first-order valence-corrected chi connectivity index (χ1v) is 7.51. The summed E-state index contributed by atoms with van der Waals surface area (Å²) in [5, 5.41) is 11.1. The third-order valence-corrected chi connectivity index (χ3v) is 3.98. The van der Waals surface area contributed by atoms with Crippen LogP contribution in [0.4, 0.5) is 14.5 Å². The van der Waals surface area contributed by atoms with Crippen LogP contribution in [0.25, 0.3) is 11.0 Å². The van der Waals surface area contributed by atoms with E-state index < -0.39 is 11.5 Å². The number of benzene rings is 2. The second kappa shape index (κ2) is 6.46. The van der Waals surface area contributed by atoms with Gasteiger partial charge in [0.1, 0.15) is 12.4 Å². The van der Waals surface area contributed by atoms with Crippen LogP contribution in [-0.4, -0.2) is 14.5 Å². The molecule has 0 aliphatic rings. The Morgan fingerprint density at radius 1 is 1.24 bits per heavy atom. The number of halogens is 2. The minimum atomic E-state index is -2.77. The van der Waals surface area contributed by atoms with E-state index in [2.05, 4.69) is 4.98 Å². The summed E-state index contributed by atoms with van der Waals surface area (Å²) < 4.78 is 33.3. The van der Waals surface area contributed by atoms with E-state index in [4.69, 9.17) is 4.74 Å². The van der Waals surface area contributed by atoms with Crippen molar-refractivity contribution in [2.45, 2.75) is 27.0 Å². The van der Waals surface area contributed by atoms with Gasteiger partial charge in [0.25, 0.3) is 5.69 Å². The third-order valence-electron chi connectivity index (χ3n) is 3.98. The maximum absolute atomic E-state index is 13.4. The number of para-hydroxylation sites is 2. The molecule has 130 valence electrons. The van der Waals surface area contributed by atoms with Gasteiger partial charge in [-0.25, -0.2) is 4.98 Å². The van der Waals surface area contributed by atoms with Gasteiger partial charge in [0.05, 0.1) is 21.5 Å². The molecule has 1 aromatic heterocycles. The maximum Gasteiger partial charge on any atom is 0.320 e. The van der Waals surface area contributed by atoms with Crippen LogP contribution in [-0.2, 0) is 6.61 Å². The second-order valence-corrected chi connectivity index (χ2v) is 5.57. The van der Waals surface area contributed by atoms with Crippen molar-refractivity contribution in [3.05, 3.63) is 63.5 Å². The molecule has 0 atom stereocenters. The molecule has 0 aliphatic carbocycles. The van der Waals surface area contributed by atoms with Gasteiger partial charge in [-0.2, -0.15) is 8.78 Å². The summed E-state index contributed by atoms with van der Waals surface area (Å²) in [6.45, 7) is 0.318. The maximum atomic E-state index is 13.4. The molecule has 0 spiro atoms. The molecule has 8 heteroatoms. The first kappa shape index (κ1) is 16.8. The molecule has 1 heterocycles. The number of nitro benzene ring substituents is 1. The molecule has 25 heavy (non-hydrogen) atoms. The summed E-state index contributed by atoms with van der Waals surface area (Å²) >= 11 is 0. The van der Waals surface area contributed by atoms with Gasteiger partial charge in [-0.1, -0.05) is 12.1 Å². The van der Waals surface area contributed by atoms with Crippen LogP contribution < -0.4 is 4.74 Å². The average molecular weight is 347 g/mol. The van der Waals surface area contributed by atoms with E-state index in [1.54, 1.807) is 44.2 Å². The van der Waals surface area contributed by atoms with Crippen LogP contribution in [0.15, 0.2) is 36.4 Å². The Morgan fingerprint density at radius 3 is 2.64 bits per heavy atom. The molecule has 0 unspecified atom stereocenters. The van der Waals surface area contributed by atoms with E-state index in [0.717, 1.165) is 4.57 Å². The fraction of sp³-hybridized carbons (Fsp3) is 0.235. The van der Waals surface area contributed by atoms with Crippen molar-refractivity contribution in [2.75, 3.05) is 0 Å². The lowest BCUT2D eigenvalue weighted by Crippen LogP contribution is -2.09. The summed E-state index contributed by atoms with van der Waals surface area (Å²) in [6, 6.07) is 9.53. The summed E-state index contributed by atoms with van der Waals surface area (Å²) in [4.78, 5) is 14.7. The van der Waals surface area contributed by atoms with Crippen molar-refractivity contribution in [3.63, 3.8) is 0 Å². The minimum Gasteiger partial charge on any atom is -0.485 e. The predicted octanol–water partition coefficient (Wildman–Crippen LogP) is 4.54. The zero-order chi connectivity index (χ0) is 18.1. The Morgan fingerprint density at radius 2 is 1.96 bits per heavy atom. The molecule has 2 aromatic carbocycles. The highest BCUT2D eigenvalue weighted by Gasteiger charge is 2.20. The Bertz CT molecular complexity index is 954. The lowest BCUT2D eigenvalue weighted by molar-refractivity contribution is -0.385. The van der Waals surface area contributed by atoms with Gasteiger partial charge in [0.15, 0.2) is 5.82 Å². The third kappa shape index (κ3) is 3.02. The molecular formula is C17H15F2N3O3. The van der Waals surface area contributed by atoms with E-state index in [9.17, 15) is 18.9 Å². The molecule has 0 saturated carbocycles. The van der Waals surface area contributed by atoms with E-state index in [0.29, 0.717) is 27.9 Å². The number of nitro groups is 1. The van der Waals surface area contributed by atoms with E-state index in [-0.39, 0.29) is 18.1 Å². The van der Waals surface area contributed by atoms with Crippen LogP contribution in [0.1, 0.15) is 23.5 Å². The quantitative estimate of drug-likeness (QED) is 0.502. The number of ether oxygens (including phenoxy) is 1. The molecule has 0 fully saturated rings. The molecule has 3 rings (SSSR count). The monoisotopic (exact) mass is 347 g/mol. The van der Waals surface area contributed by atoms with Gasteiger partial charge in [-0.3, -0.25) is 14.7 Å². The first-order valence-electron chi connectivity index (χ1n) is 7.51. The van der Waals surface area contributed by atoms with Gasteiger partial charge >= 0.3 is 6.55 Å². The summed E-state index contributed by atoms with van der Waals surface area (Å²) in [5.41, 5.74) is 1.70. The van der Waals surface area contributed by atoms with Gasteiger partial charge in [-0.05, 0) is 37.6 Å². The van der Waals surface area contributed by atoms with Crippen molar-refractivity contribution in [1.82, 2.24) is 9.55 Å². The van der Waals surface area contributed by atoms with Crippen molar-refractivity contribution in [1.29, 1.82) is 0 Å². The number of imidazole rings is 1. The number of aryl methyl sites for hydroxylation is 1. The second-order valence-electron chi connectivity index (χ2n) is 5.57. The number of alkyl halides is 2. The van der Waals surface area contributed by atoms with Crippen LogP contribution in [0.2, 0.25) is 0 Å². The minimum absolute atomic E-state index is 0.0570. The zero-order valence-corrected chi connectivity index (χ0v) is 13.6. The van der Waals surface area contributed by atoms with Crippen LogP contribution in [0.5, 0.6) is 5.75 Å². The van der Waals surface area contributed by atoms with Gasteiger partial charge < -0.3 is 4.74 Å². The average Bonchev–Trinajstić information content (AvgIpc) is 2.92. The number of fused-ring (bicyclic) bond motifs is 1. The normalized spacial score (nSPS) is 11.2. The highest BCUT2D eigenvalue weighted by atomic mass is 19.3. The predicted molar refractivity (Wildman–Crippen MR) is 87.9 cm³/mol. The Balaban J connectivity index is 1.98. The number of hydrogen-bond donors (Lipinski definition) is 0. The molecule has 0 N–H and O–H groups in total. The topological polar surface area (TPSA) is 70.2 Å². The van der Waals surface area contributed by atoms with Crippen LogP contribution in [0.3, 0.4) is 0 Å². The molecule has 0 saturated heterocycles. The lowest BCUT2D eigenvalue weighted by Gasteiger charge is -2.13. The van der Waals surface area contributed by atoms with Crippen molar-refractivity contribution in [3.8, 4) is 5.75 Å². The van der Waals surface area contributed by atoms with E-state index in [1.807, 2.05) is 0 Å². The van der Waals surface area contributed by atoms with E-state index >= 15 is 0 Å². The summed E-state index contributed by atoms with van der Waals surface area (Å²) in [6.07, 6.45) is 0. The van der Waals surface area contributed by atoms with Crippen LogP contribution in [0, 0.1) is 24.0 Å². The molecule has 0 bridgehead atoms. The largest absolute Gasteiger partial charge is 0.485 e. The Hall–Kier alpha value is -3.03. The van der Waals surface area contributed by atoms with Crippen molar-refractivity contribution >= 4 is 16.7 Å². The van der Waals surface area contributed by atoms with Crippen molar-refractivity contribution in [2.24, 2.45) is 0 Å². The number of nitrogens with zero attached hydrogens (tertiary/aromatic N) is 3. The van der Waals surface area contributed by atoms with Gasteiger partial charge in [0, 0.05) is 6.07 Å². The lowest BCUT2D eigenvalue weighted by atomic mass is 10.1. The Kier molecular flexibility index (Phi) is 4.35. The molecule has 0 radical (unpaired) electrons. The highest BCUT2D eigenvalue weighted by Crippen LogP contribution is 2.32. The van der Waals surface area contributed by atoms with Gasteiger partial charge in [0.2, 0.25) is 0 Å². The standard InChI is InChI=1S/C17H15F2N3O3/c1-10-7-8-13(22(23)24)11(2)16(10)25-9-15-20-12-5-3-4-6-14(12)21(15)17(18)19/h3-8,17H,9H2,1-2H3.